The van der Waals surface area contributed by atoms with E-state index < -0.39 is 0 Å². The predicted octanol–water partition coefficient (Wildman–Crippen LogP) is 3.44. The monoisotopic (exact) mass is 345 g/mol. The van der Waals surface area contributed by atoms with Crippen LogP contribution in [-0.4, -0.2) is 31.4 Å². The Balaban J connectivity index is 1.59. The molecule has 0 radical (unpaired) electrons. The molecular weight excluding hydrogens is 322 g/mol. The van der Waals surface area contributed by atoms with Crippen LogP contribution in [0.15, 0.2) is 17.4 Å². The fourth-order valence-corrected chi connectivity index (χ4v) is 3.70. The molecule has 0 spiro atoms. The van der Waals surface area contributed by atoms with Crippen molar-refractivity contribution in [1.82, 2.24) is 19.7 Å². The zero-order valence-corrected chi connectivity index (χ0v) is 15.2. The van der Waals surface area contributed by atoms with E-state index in [1.54, 1.807) is 6.20 Å². The number of aryl methyl sites for hydroxylation is 2. The highest BCUT2D eigenvalue weighted by Crippen LogP contribution is 2.31. The second-order valence-corrected chi connectivity index (χ2v) is 7.18. The first kappa shape index (κ1) is 17.0. The summed E-state index contributed by atoms with van der Waals surface area (Å²) in [6.07, 6.45) is 6.48. The maximum atomic E-state index is 12.3. The van der Waals surface area contributed by atoms with E-state index in [2.05, 4.69) is 20.4 Å². The lowest BCUT2D eigenvalue weighted by molar-refractivity contribution is -0.113. The third-order valence-electron chi connectivity index (χ3n) is 4.55. The van der Waals surface area contributed by atoms with Crippen molar-refractivity contribution in [2.75, 3.05) is 11.1 Å². The number of hydrogen-bond acceptors (Lipinski definition) is 5. The first-order chi connectivity index (χ1) is 11.5. The van der Waals surface area contributed by atoms with Crippen molar-refractivity contribution in [3.05, 3.63) is 29.2 Å². The van der Waals surface area contributed by atoms with E-state index in [0.717, 1.165) is 35.6 Å². The molecule has 2 heterocycles. The Kier molecular flexibility index (Phi) is 5.18. The molecule has 3 rings (SSSR count). The predicted molar refractivity (Wildman–Crippen MR) is 95.3 cm³/mol. The summed E-state index contributed by atoms with van der Waals surface area (Å²) in [7, 11) is 0. The van der Waals surface area contributed by atoms with Gasteiger partial charge in [-0.2, -0.15) is 5.10 Å². The summed E-state index contributed by atoms with van der Waals surface area (Å²) in [6.45, 7) is 5.94. The average Bonchev–Trinajstić information content (AvgIpc) is 3.21. The van der Waals surface area contributed by atoms with Gasteiger partial charge in [0.15, 0.2) is 5.16 Å². The number of carbonyl (C=O) groups excluding carboxylic acids is 1. The normalized spacial score (nSPS) is 15.0. The number of nitrogens with zero attached hydrogens (tertiary/aromatic N) is 4. The molecule has 1 aliphatic carbocycles. The van der Waals surface area contributed by atoms with Crippen molar-refractivity contribution in [3.8, 4) is 0 Å². The van der Waals surface area contributed by atoms with Crippen molar-refractivity contribution in [3.63, 3.8) is 0 Å². The number of nitrogens with one attached hydrogen (secondary N) is 1. The van der Waals surface area contributed by atoms with Crippen molar-refractivity contribution >= 4 is 23.5 Å². The fraction of sp³-hybridized carbons (Fsp3) is 0.529. The van der Waals surface area contributed by atoms with Crippen molar-refractivity contribution in [1.29, 1.82) is 0 Å². The van der Waals surface area contributed by atoms with E-state index in [4.69, 9.17) is 0 Å². The van der Waals surface area contributed by atoms with Crippen LogP contribution in [-0.2, 0) is 4.79 Å². The van der Waals surface area contributed by atoms with Crippen molar-refractivity contribution < 1.29 is 4.79 Å². The standard InChI is InChI=1S/C17H23N5OS/c1-11-12(2)19-17(20-13(11)3)24-10-16(23)21-15-8-9-18-22(15)14-6-4-5-7-14/h8-9,14H,4-7,10H2,1-3H3,(H,21,23). The first-order valence-electron chi connectivity index (χ1n) is 8.32. The third-order valence-corrected chi connectivity index (χ3v) is 5.40. The van der Waals surface area contributed by atoms with Gasteiger partial charge in [-0.05, 0) is 39.2 Å². The molecule has 2 aromatic rings. The number of amides is 1. The molecule has 2 aromatic heterocycles. The zero-order valence-electron chi connectivity index (χ0n) is 14.4. The zero-order chi connectivity index (χ0) is 17.1. The number of rotatable bonds is 5. The summed E-state index contributed by atoms with van der Waals surface area (Å²) in [6, 6.07) is 2.27. The van der Waals surface area contributed by atoms with Crippen LogP contribution in [0.1, 0.15) is 48.7 Å². The van der Waals surface area contributed by atoms with Gasteiger partial charge in [-0.25, -0.2) is 14.6 Å². The molecular formula is C17H23N5OS. The van der Waals surface area contributed by atoms with Gasteiger partial charge in [0.1, 0.15) is 5.82 Å². The van der Waals surface area contributed by atoms with Gasteiger partial charge in [-0.3, -0.25) is 4.79 Å². The molecule has 6 nitrogen and oxygen atoms in total. The summed E-state index contributed by atoms with van der Waals surface area (Å²) < 4.78 is 1.95. The summed E-state index contributed by atoms with van der Waals surface area (Å²) in [5.41, 5.74) is 3.03. The second-order valence-electron chi connectivity index (χ2n) is 6.24. The molecule has 0 saturated heterocycles. The van der Waals surface area contributed by atoms with Gasteiger partial charge >= 0.3 is 0 Å². The number of carbonyl (C=O) groups is 1. The van der Waals surface area contributed by atoms with Crippen LogP contribution in [0.3, 0.4) is 0 Å². The minimum absolute atomic E-state index is 0.0563. The van der Waals surface area contributed by atoms with E-state index in [1.807, 2.05) is 31.5 Å². The summed E-state index contributed by atoms with van der Waals surface area (Å²) in [5, 5.41) is 7.98. The molecule has 0 aromatic carbocycles. The van der Waals surface area contributed by atoms with Gasteiger partial charge in [0.2, 0.25) is 5.91 Å². The van der Waals surface area contributed by atoms with E-state index in [0.29, 0.717) is 11.2 Å². The quantitative estimate of drug-likeness (QED) is 0.664. The number of thioether (sulfide) groups is 1. The highest BCUT2D eigenvalue weighted by atomic mass is 32.2. The molecule has 1 saturated carbocycles. The number of aromatic nitrogens is 4. The van der Waals surface area contributed by atoms with E-state index >= 15 is 0 Å². The highest BCUT2D eigenvalue weighted by molar-refractivity contribution is 7.99. The molecule has 0 atom stereocenters. The summed E-state index contributed by atoms with van der Waals surface area (Å²) >= 11 is 1.36. The van der Waals surface area contributed by atoms with Crippen LogP contribution in [0.5, 0.6) is 0 Å². The van der Waals surface area contributed by atoms with E-state index in [9.17, 15) is 4.79 Å². The lowest BCUT2D eigenvalue weighted by Gasteiger charge is -2.14. The smallest absolute Gasteiger partial charge is 0.235 e. The lowest BCUT2D eigenvalue weighted by atomic mass is 10.2. The number of anilines is 1. The average molecular weight is 345 g/mol. The minimum atomic E-state index is -0.0563. The second kappa shape index (κ2) is 7.34. The molecule has 1 fully saturated rings. The Morgan fingerprint density at radius 3 is 2.58 bits per heavy atom. The maximum Gasteiger partial charge on any atom is 0.235 e. The molecule has 0 aliphatic heterocycles. The Morgan fingerprint density at radius 1 is 1.25 bits per heavy atom. The van der Waals surface area contributed by atoms with Crippen LogP contribution in [0, 0.1) is 20.8 Å². The van der Waals surface area contributed by atoms with Gasteiger partial charge in [0, 0.05) is 17.5 Å². The molecule has 24 heavy (non-hydrogen) atoms. The van der Waals surface area contributed by atoms with Crippen LogP contribution in [0.4, 0.5) is 5.82 Å². The van der Waals surface area contributed by atoms with Gasteiger partial charge in [-0.15, -0.1) is 0 Å². The van der Waals surface area contributed by atoms with Crippen molar-refractivity contribution in [2.45, 2.75) is 57.7 Å². The molecule has 128 valence electrons. The lowest BCUT2D eigenvalue weighted by Crippen LogP contribution is -2.19. The van der Waals surface area contributed by atoms with Gasteiger partial charge in [0.05, 0.1) is 18.0 Å². The van der Waals surface area contributed by atoms with E-state index in [1.165, 1.54) is 24.6 Å². The van der Waals surface area contributed by atoms with E-state index in [-0.39, 0.29) is 11.7 Å². The Morgan fingerprint density at radius 2 is 1.92 bits per heavy atom. The number of hydrogen-bond donors (Lipinski definition) is 1. The van der Waals surface area contributed by atoms with Crippen LogP contribution >= 0.6 is 11.8 Å². The molecule has 0 bridgehead atoms. The largest absolute Gasteiger partial charge is 0.310 e. The Hall–Kier alpha value is -1.89. The maximum absolute atomic E-state index is 12.3. The van der Waals surface area contributed by atoms with Crippen molar-refractivity contribution in [2.24, 2.45) is 0 Å². The summed E-state index contributed by atoms with van der Waals surface area (Å²) in [4.78, 5) is 21.1. The summed E-state index contributed by atoms with van der Waals surface area (Å²) in [5.74, 6) is 1.02. The minimum Gasteiger partial charge on any atom is -0.310 e. The molecule has 0 unspecified atom stereocenters. The molecule has 1 amide bonds. The molecule has 1 aliphatic rings. The van der Waals surface area contributed by atoms with Crippen LogP contribution in [0.2, 0.25) is 0 Å². The Bertz CT molecular complexity index is 713. The third kappa shape index (κ3) is 3.77. The van der Waals surface area contributed by atoms with Gasteiger partial charge in [0.25, 0.3) is 0 Å². The topological polar surface area (TPSA) is 72.7 Å². The highest BCUT2D eigenvalue weighted by Gasteiger charge is 2.20. The van der Waals surface area contributed by atoms with Gasteiger partial charge in [-0.1, -0.05) is 24.6 Å². The first-order valence-corrected chi connectivity index (χ1v) is 9.31. The van der Waals surface area contributed by atoms with Crippen LogP contribution < -0.4 is 5.32 Å². The van der Waals surface area contributed by atoms with Crippen LogP contribution in [0.25, 0.3) is 0 Å². The van der Waals surface area contributed by atoms with Gasteiger partial charge < -0.3 is 5.32 Å². The fourth-order valence-electron chi connectivity index (χ4n) is 2.97. The molecule has 7 heteroatoms. The SMILES string of the molecule is Cc1nc(SCC(=O)Nc2ccnn2C2CCCC2)nc(C)c1C. The molecule has 1 N–H and O–H groups in total. The Labute approximate surface area is 146 Å².